The molecule has 0 bridgehead atoms. The number of pyridine rings is 1. The van der Waals surface area contributed by atoms with Gasteiger partial charge in [-0.3, -0.25) is 4.98 Å². The molecule has 0 spiro atoms. The third-order valence-electron chi connectivity index (χ3n) is 2.91. The SMILES string of the molecule is COc1cc2c(C(C)C)ccnc2cc1C. The summed E-state index contributed by atoms with van der Waals surface area (Å²) in [7, 11) is 1.71. The molecule has 16 heavy (non-hydrogen) atoms. The van der Waals surface area contributed by atoms with E-state index in [2.05, 4.69) is 37.0 Å². The first-order chi connectivity index (χ1) is 7.63. The molecule has 0 saturated carbocycles. The van der Waals surface area contributed by atoms with Gasteiger partial charge in [-0.15, -0.1) is 0 Å². The Bertz CT molecular complexity index is 517. The predicted molar refractivity (Wildman–Crippen MR) is 67.1 cm³/mol. The van der Waals surface area contributed by atoms with Crippen molar-refractivity contribution < 1.29 is 4.74 Å². The van der Waals surface area contributed by atoms with Crippen LogP contribution in [0.1, 0.15) is 30.9 Å². The molecule has 1 heterocycles. The number of rotatable bonds is 2. The molecule has 0 amide bonds. The van der Waals surface area contributed by atoms with Crippen LogP contribution >= 0.6 is 0 Å². The molecule has 0 radical (unpaired) electrons. The summed E-state index contributed by atoms with van der Waals surface area (Å²) in [6.45, 7) is 6.43. The quantitative estimate of drug-likeness (QED) is 0.762. The summed E-state index contributed by atoms with van der Waals surface area (Å²) in [5.74, 6) is 1.43. The first kappa shape index (κ1) is 10.9. The summed E-state index contributed by atoms with van der Waals surface area (Å²) in [5, 5.41) is 1.19. The van der Waals surface area contributed by atoms with Gasteiger partial charge in [0.05, 0.1) is 12.6 Å². The van der Waals surface area contributed by atoms with Gasteiger partial charge in [0, 0.05) is 11.6 Å². The van der Waals surface area contributed by atoms with E-state index in [0.29, 0.717) is 5.92 Å². The minimum absolute atomic E-state index is 0.498. The maximum atomic E-state index is 5.36. The fraction of sp³-hybridized carbons (Fsp3) is 0.357. The molecule has 0 aliphatic rings. The van der Waals surface area contributed by atoms with Gasteiger partial charge in [0.2, 0.25) is 0 Å². The molecule has 2 aromatic rings. The maximum Gasteiger partial charge on any atom is 0.122 e. The molecular weight excluding hydrogens is 198 g/mol. The first-order valence-corrected chi connectivity index (χ1v) is 5.56. The monoisotopic (exact) mass is 215 g/mol. The molecule has 0 saturated heterocycles. The lowest BCUT2D eigenvalue weighted by atomic mass is 9.98. The van der Waals surface area contributed by atoms with Crippen LogP contribution in [0.15, 0.2) is 24.4 Å². The van der Waals surface area contributed by atoms with Crippen molar-refractivity contribution in [2.45, 2.75) is 26.7 Å². The normalized spacial score (nSPS) is 11.1. The molecule has 0 aliphatic carbocycles. The number of hydrogen-bond donors (Lipinski definition) is 0. The zero-order valence-corrected chi connectivity index (χ0v) is 10.2. The smallest absolute Gasteiger partial charge is 0.122 e. The molecule has 84 valence electrons. The van der Waals surface area contributed by atoms with Gasteiger partial charge in [-0.1, -0.05) is 13.8 Å². The second kappa shape index (κ2) is 4.12. The second-order valence-electron chi connectivity index (χ2n) is 4.39. The van der Waals surface area contributed by atoms with Crippen molar-refractivity contribution in [1.82, 2.24) is 4.98 Å². The van der Waals surface area contributed by atoms with Gasteiger partial charge in [0.15, 0.2) is 0 Å². The molecule has 2 heteroatoms. The molecule has 1 aromatic heterocycles. The highest BCUT2D eigenvalue weighted by molar-refractivity contribution is 5.85. The topological polar surface area (TPSA) is 22.1 Å². The van der Waals surface area contributed by atoms with Crippen LogP contribution in [0, 0.1) is 6.92 Å². The molecular formula is C14H17NO. The minimum Gasteiger partial charge on any atom is -0.496 e. The van der Waals surface area contributed by atoms with E-state index in [0.717, 1.165) is 16.8 Å². The molecule has 0 unspecified atom stereocenters. The Labute approximate surface area is 96.3 Å². The van der Waals surface area contributed by atoms with E-state index in [1.54, 1.807) is 7.11 Å². The van der Waals surface area contributed by atoms with Crippen molar-refractivity contribution in [2.24, 2.45) is 0 Å². The first-order valence-electron chi connectivity index (χ1n) is 5.56. The van der Waals surface area contributed by atoms with Crippen LogP contribution in [0.3, 0.4) is 0 Å². The van der Waals surface area contributed by atoms with E-state index in [1.807, 2.05) is 13.1 Å². The number of ether oxygens (including phenoxy) is 1. The Morgan fingerprint density at radius 3 is 2.62 bits per heavy atom. The summed E-state index contributed by atoms with van der Waals surface area (Å²) in [6, 6.07) is 6.26. The van der Waals surface area contributed by atoms with E-state index in [9.17, 15) is 0 Å². The molecule has 1 aromatic carbocycles. The number of aromatic nitrogens is 1. The highest BCUT2D eigenvalue weighted by Gasteiger charge is 2.08. The Morgan fingerprint density at radius 2 is 2.00 bits per heavy atom. The Kier molecular flexibility index (Phi) is 2.82. The Hall–Kier alpha value is -1.57. The standard InChI is InChI=1S/C14H17NO/c1-9(2)11-5-6-15-13-7-10(3)14(16-4)8-12(11)13/h5-9H,1-4H3. The largest absolute Gasteiger partial charge is 0.496 e. The van der Waals surface area contributed by atoms with Gasteiger partial charge in [-0.2, -0.15) is 0 Å². The van der Waals surface area contributed by atoms with Crippen molar-refractivity contribution in [3.05, 3.63) is 35.5 Å². The lowest BCUT2D eigenvalue weighted by Gasteiger charge is -2.12. The van der Waals surface area contributed by atoms with E-state index in [1.165, 1.54) is 10.9 Å². The third kappa shape index (κ3) is 1.75. The van der Waals surface area contributed by atoms with Crippen LogP contribution in [0.4, 0.5) is 0 Å². The van der Waals surface area contributed by atoms with Crippen molar-refractivity contribution in [1.29, 1.82) is 0 Å². The molecule has 2 nitrogen and oxygen atoms in total. The van der Waals surface area contributed by atoms with Crippen LogP contribution in [-0.4, -0.2) is 12.1 Å². The summed E-state index contributed by atoms with van der Waals surface area (Å²) in [5.41, 5.74) is 3.50. The average molecular weight is 215 g/mol. The van der Waals surface area contributed by atoms with Crippen LogP contribution in [0.5, 0.6) is 5.75 Å². The number of hydrogen-bond acceptors (Lipinski definition) is 2. The summed E-state index contributed by atoms with van der Waals surface area (Å²) < 4.78 is 5.36. The second-order valence-corrected chi connectivity index (χ2v) is 4.39. The highest BCUT2D eigenvalue weighted by atomic mass is 16.5. The van der Waals surface area contributed by atoms with Crippen molar-refractivity contribution in [2.75, 3.05) is 7.11 Å². The summed E-state index contributed by atoms with van der Waals surface area (Å²) >= 11 is 0. The summed E-state index contributed by atoms with van der Waals surface area (Å²) in [6.07, 6.45) is 1.88. The fourth-order valence-corrected chi connectivity index (χ4v) is 2.02. The predicted octanol–water partition coefficient (Wildman–Crippen LogP) is 3.68. The Morgan fingerprint density at radius 1 is 1.25 bits per heavy atom. The number of methoxy groups -OCH3 is 1. The fourth-order valence-electron chi connectivity index (χ4n) is 2.02. The van der Waals surface area contributed by atoms with Crippen LogP contribution in [0.25, 0.3) is 10.9 Å². The summed E-state index contributed by atoms with van der Waals surface area (Å²) in [4.78, 5) is 4.40. The third-order valence-corrected chi connectivity index (χ3v) is 2.91. The maximum absolute atomic E-state index is 5.36. The molecule has 0 atom stereocenters. The van der Waals surface area contributed by atoms with Gasteiger partial charge in [-0.05, 0) is 42.2 Å². The minimum atomic E-state index is 0.498. The van der Waals surface area contributed by atoms with Crippen LogP contribution in [0.2, 0.25) is 0 Å². The van der Waals surface area contributed by atoms with Gasteiger partial charge < -0.3 is 4.74 Å². The van der Waals surface area contributed by atoms with E-state index >= 15 is 0 Å². The van der Waals surface area contributed by atoms with Crippen LogP contribution in [-0.2, 0) is 0 Å². The van der Waals surface area contributed by atoms with E-state index < -0.39 is 0 Å². The number of nitrogens with zero attached hydrogens (tertiary/aromatic N) is 1. The van der Waals surface area contributed by atoms with Gasteiger partial charge >= 0.3 is 0 Å². The number of benzene rings is 1. The number of fused-ring (bicyclic) bond motifs is 1. The van der Waals surface area contributed by atoms with Gasteiger partial charge in [0.25, 0.3) is 0 Å². The molecule has 0 aliphatic heterocycles. The zero-order chi connectivity index (χ0) is 11.7. The van der Waals surface area contributed by atoms with Crippen LogP contribution < -0.4 is 4.74 Å². The lowest BCUT2D eigenvalue weighted by Crippen LogP contribution is -1.94. The highest BCUT2D eigenvalue weighted by Crippen LogP contribution is 2.29. The average Bonchev–Trinajstić information content (AvgIpc) is 2.26. The van der Waals surface area contributed by atoms with Gasteiger partial charge in [0.1, 0.15) is 5.75 Å². The van der Waals surface area contributed by atoms with E-state index in [4.69, 9.17) is 4.74 Å². The van der Waals surface area contributed by atoms with Crippen molar-refractivity contribution in [3.8, 4) is 5.75 Å². The molecule has 2 rings (SSSR count). The molecule has 0 N–H and O–H groups in total. The number of aryl methyl sites for hydroxylation is 1. The van der Waals surface area contributed by atoms with E-state index in [-0.39, 0.29) is 0 Å². The molecule has 0 fully saturated rings. The van der Waals surface area contributed by atoms with Crippen molar-refractivity contribution in [3.63, 3.8) is 0 Å². The van der Waals surface area contributed by atoms with Crippen molar-refractivity contribution >= 4 is 10.9 Å². The van der Waals surface area contributed by atoms with Gasteiger partial charge in [-0.25, -0.2) is 0 Å². The Balaban J connectivity index is 2.76. The zero-order valence-electron chi connectivity index (χ0n) is 10.2. The lowest BCUT2D eigenvalue weighted by molar-refractivity contribution is 0.412.